The predicted molar refractivity (Wildman–Crippen MR) is 93.0 cm³/mol. The number of amides is 1. The lowest BCUT2D eigenvalue weighted by molar-refractivity contribution is -0.114. The Morgan fingerprint density at radius 1 is 1.04 bits per heavy atom. The summed E-state index contributed by atoms with van der Waals surface area (Å²) >= 11 is 0. The number of hydrogen-bond donors (Lipinski definition) is 2. The molecule has 2 aromatic carbocycles. The molecule has 0 spiro atoms. The number of benzene rings is 2. The van der Waals surface area contributed by atoms with Crippen LogP contribution in [0.1, 0.15) is 31.4 Å². The third-order valence-electron chi connectivity index (χ3n) is 4.02. The highest BCUT2D eigenvalue weighted by Gasteiger charge is 2.35. The molecule has 2 N–H and O–H groups in total. The van der Waals surface area contributed by atoms with Gasteiger partial charge in [-0.3, -0.25) is 4.79 Å². The van der Waals surface area contributed by atoms with Crippen LogP contribution in [0.5, 0.6) is 0 Å². The SMILES string of the molecule is CC(=O)Nc1ccc(S(=O)(=O)NC(c2ccccc2)C2CC2)cc1. The first kappa shape index (κ1) is 16.7. The molecule has 1 aliphatic carbocycles. The van der Waals surface area contributed by atoms with E-state index in [0.29, 0.717) is 11.6 Å². The maximum atomic E-state index is 12.7. The maximum absolute atomic E-state index is 12.7. The van der Waals surface area contributed by atoms with Crippen molar-refractivity contribution in [2.45, 2.75) is 30.7 Å². The quantitative estimate of drug-likeness (QED) is 0.845. The topological polar surface area (TPSA) is 75.3 Å². The Morgan fingerprint density at radius 2 is 1.67 bits per heavy atom. The van der Waals surface area contributed by atoms with Crippen LogP contribution in [0.15, 0.2) is 59.5 Å². The predicted octanol–water partition coefficient (Wildman–Crippen LogP) is 3.07. The second kappa shape index (κ2) is 6.75. The highest BCUT2D eigenvalue weighted by Crippen LogP contribution is 2.41. The number of rotatable bonds is 6. The molecule has 3 rings (SSSR count). The molecular formula is C18H20N2O3S. The minimum Gasteiger partial charge on any atom is -0.326 e. The first-order valence-corrected chi connectivity index (χ1v) is 9.39. The van der Waals surface area contributed by atoms with Crippen molar-refractivity contribution >= 4 is 21.6 Å². The zero-order valence-corrected chi connectivity index (χ0v) is 14.2. The first-order chi connectivity index (χ1) is 11.5. The van der Waals surface area contributed by atoms with E-state index in [9.17, 15) is 13.2 Å². The summed E-state index contributed by atoms with van der Waals surface area (Å²) in [6.45, 7) is 1.41. The van der Waals surface area contributed by atoms with Gasteiger partial charge in [0.25, 0.3) is 0 Å². The molecule has 6 heteroatoms. The van der Waals surface area contributed by atoms with Gasteiger partial charge < -0.3 is 5.32 Å². The van der Waals surface area contributed by atoms with Crippen molar-refractivity contribution in [2.24, 2.45) is 5.92 Å². The van der Waals surface area contributed by atoms with Crippen LogP contribution in [-0.4, -0.2) is 14.3 Å². The molecule has 1 aliphatic rings. The second-order valence-electron chi connectivity index (χ2n) is 6.05. The van der Waals surface area contributed by atoms with Crippen LogP contribution in [0.3, 0.4) is 0 Å². The lowest BCUT2D eigenvalue weighted by atomic mass is 10.0. The summed E-state index contributed by atoms with van der Waals surface area (Å²) in [6, 6.07) is 15.6. The van der Waals surface area contributed by atoms with E-state index in [0.717, 1.165) is 18.4 Å². The van der Waals surface area contributed by atoms with Gasteiger partial charge in [0.2, 0.25) is 15.9 Å². The fraction of sp³-hybridized carbons (Fsp3) is 0.278. The van der Waals surface area contributed by atoms with Crippen LogP contribution in [0.25, 0.3) is 0 Å². The Bertz CT molecular complexity index is 813. The van der Waals surface area contributed by atoms with Gasteiger partial charge in [-0.15, -0.1) is 0 Å². The van der Waals surface area contributed by atoms with E-state index >= 15 is 0 Å². The number of carbonyl (C=O) groups is 1. The molecule has 0 heterocycles. The lowest BCUT2D eigenvalue weighted by Gasteiger charge is -2.19. The van der Waals surface area contributed by atoms with Crippen LogP contribution in [-0.2, 0) is 14.8 Å². The molecule has 1 amide bonds. The molecule has 5 nitrogen and oxygen atoms in total. The van der Waals surface area contributed by atoms with Crippen molar-refractivity contribution in [1.82, 2.24) is 4.72 Å². The number of sulfonamides is 1. The van der Waals surface area contributed by atoms with Crippen LogP contribution >= 0.6 is 0 Å². The zero-order valence-electron chi connectivity index (χ0n) is 13.4. The molecule has 1 saturated carbocycles. The fourth-order valence-corrected chi connectivity index (χ4v) is 3.98. The molecule has 1 unspecified atom stereocenters. The van der Waals surface area contributed by atoms with Gasteiger partial charge in [0.05, 0.1) is 4.90 Å². The summed E-state index contributed by atoms with van der Waals surface area (Å²) in [5.74, 6) is 0.155. The highest BCUT2D eigenvalue weighted by atomic mass is 32.2. The van der Waals surface area contributed by atoms with Gasteiger partial charge in [-0.25, -0.2) is 13.1 Å². The summed E-state index contributed by atoms with van der Waals surface area (Å²) in [5, 5.41) is 2.62. The first-order valence-electron chi connectivity index (χ1n) is 7.90. The van der Waals surface area contributed by atoms with Crippen molar-refractivity contribution in [2.75, 3.05) is 5.32 Å². The van der Waals surface area contributed by atoms with Gasteiger partial charge in [0.15, 0.2) is 0 Å². The molecule has 2 aromatic rings. The zero-order chi connectivity index (χ0) is 17.2. The molecule has 1 atom stereocenters. The van der Waals surface area contributed by atoms with Crippen molar-refractivity contribution in [3.05, 3.63) is 60.2 Å². The van der Waals surface area contributed by atoms with Crippen molar-refractivity contribution in [1.29, 1.82) is 0 Å². The third-order valence-corrected chi connectivity index (χ3v) is 5.48. The van der Waals surface area contributed by atoms with E-state index in [1.54, 1.807) is 12.1 Å². The molecular weight excluding hydrogens is 324 g/mol. The van der Waals surface area contributed by atoms with Crippen LogP contribution in [0, 0.1) is 5.92 Å². The van der Waals surface area contributed by atoms with Crippen LogP contribution < -0.4 is 10.0 Å². The molecule has 0 saturated heterocycles. The summed E-state index contributed by atoms with van der Waals surface area (Å²) < 4.78 is 28.2. The van der Waals surface area contributed by atoms with Gasteiger partial charge in [0.1, 0.15) is 0 Å². The Morgan fingerprint density at radius 3 is 2.21 bits per heavy atom. The highest BCUT2D eigenvalue weighted by molar-refractivity contribution is 7.89. The smallest absolute Gasteiger partial charge is 0.241 e. The molecule has 24 heavy (non-hydrogen) atoms. The Balaban J connectivity index is 1.80. The average molecular weight is 344 g/mol. The summed E-state index contributed by atoms with van der Waals surface area (Å²) in [6.07, 6.45) is 2.06. The fourth-order valence-electron chi connectivity index (χ4n) is 2.68. The number of anilines is 1. The molecule has 0 aliphatic heterocycles. The Labute approximate surface area is 142 Å². The number of hydrogen-bond acceptors (Lipinski definition) is 3. The Hall–Kier alpha value is -2.18. The number of carbonyl (C=O) groups excluding carboxylic acids is 1. The third kappa shape index (κ3) is 4.01. The average Bonchev–Trinajstić information content (AvgIpc) is 3.38. The minimum atomic E-state index is -3.62. The molecule has 1 fully saturated rings. The van der Waals surface area contributed by atoms with Gasteiger partial charge in [-0.1, -0.05) is 30.3 Å². The normalized spacial score (nSPS) is 15.7. The molecule has 0 aromatic heterocycles. The second-order valence-corrected chi connectivity index (χ2v) is 7.77. The van der Waals surface area contributed by atoms with Crippen molar-refractivity contribution < 1.29 is 13.2 Å². The molecule has 126 valence electrons. The standard InChI is InChI=1S/C18H20N2O3S/c1-13(21)19-16-9-11-17(12-10-16)24(22,23)20-18(15-7-8-15)14-5-3-2-4-6-14/h2-6,9-12,15,18,20H,7-8H2,1H3,(H,19,21). The van der Waals surface area contributed by atoms with Gasteiger partial charge >= 0.3 is 0 Å². The van der Waals surface area contributed by atoms with E-state index in [1.165, 1.54) is 19.1 Å². The summed E-state index contributed by atoms with van der Waals surface area (Å²) in [5.41, 5.74) is 1.56. The molecule has 0 bridgehead atoms. The van der Waals surface area contributed by atoms with E-state index in [-0.39, 0.29) is 16.8 Å². The summed E-state index contributed by atoms with van der Waals surface area (Å²) in [7, 11) is -3.62. The molecule has 0 radical (unpaired) electrons. The van der Waals surface area contributed by atoms with Crippen molar-refractivity contribution in [3.8, 4) is 0 Å². The van der Waals surface area contributed by atoms with E-state index in [1.807, 2.05) is 30.3 Å². The van der Waals surface area contributed by atoms with Gasteiger partial charge in [-0.05, 0) is 48.6 Å². The van der Waals surface area contributed by atoms with E-state index in [4.69, 9.17) is 0 Å². The van der Waals surface area contributed by atoms with Crippen LogP contribution in [0.4, 0.5) is 5.69 Å². The minimum absolute atomic E-state index is 0.193. The monoisotopic (exact) mass is 344 g/mol. The summed E-state index contributed by atoms with van der Waals surface area (Å²) in [4.78, 5) is 11.2. The van der Waals surface area contributed by atoms with Crippen molar-refractivity contribution in [3.63, 3.8) is 0 Å². The van der Waals surface area contributed by atoms with Gasteiger partial charge in [0, 0.05) is 18.7 Å². The number of nitrogens with one attached hydrogen (secondary N) is 2. The maximum Gasteiger partial charge on any atom is 0.241 e. The van der Waals surface area contributed by atoms with E-state index in [2.05, 4.69) is 10.0 Å². The van der Waals surface area contributed by atoms with Gasteiger partial charge in [-0.2, -0.15) is 0 Å². The Kier molecular flexibility index (Phi) is 4.69. The van der Waals surface area contributed by atoms with E-state index < -0.39 is 10.0 Å². The largest absolute Gasteiger partial charge is 0.326 e. The lowest BCUT2D eigenvalue weighted by Crippen LogP contribution is -2.30. The van der Waals surface area contributed by atoms with Crippen LogP contribution in [0.2, 0.25) is 0 Å².